The fraction of sp³-hybridized carbons (Fsp3) is 0.818. The van der Waals surface area contributed by atoms with E-state index in [0.717, 1.165) is 6.42 Å². The average molecular weight is 210 g/mol. The SMILES string of the molecule is CCCC(C#N)C(=O)N1CCOCC1C. The average Bonchev–Trinajstić information content (AvgIpc) is 2.25. The van der Waals surface area contributed by atoms with E-state index in [-0.39, 0.29) is 11.9 Å². The first-order chi connectivity index (χ1) is 7.20. The molecule has 2 atom stereocenters. The van der Waals surface area contributed by atoms with Crippen LogP contribution in [-0.2, 0) is 9.53 Å². The second kappa shape index (κ2) is 5.72. The number of carbonyl (C=O) groups is 1. The molecule has 0 aromatic heterocycles. The normalized spacial score (nSPS) is 23.3. The summed E-state index contributed by atoms with van der Waals surface area (Å²) in [5, 5.41) is 8.92. The number of nitrogens with zero attached hydrogens (tertiary/aromatic N) is 2. The van der Waals surface area contributed by atoms with Crippen molar-refractivity contribution in [2.75, 3.05) is 19.8 Å². The van der Waals surface area contributed by atoms with Gasteiger partial charge in [0.05, 0.1) is 25.3 Å². The van der Waals surface area contributed by atoms with E-state index in [1.807, 2.05) is 13.8 Å². The van der Waals surface area contributed by atoms with Gasteiger partial charge in [0, 0.05) is 6.54 Å². The van der Waals surface area contributed by atoms with Crippen LogP contribution < -0.4 is 0 Å². The molecule has 0 radical (unpaired) electrons. The Bertz CT molecular complexity index is 260. The fourth-order valence-corrected chi connectivity index (χ4v) is 1.79. The number of morpholine rings is 1. The topological polar surface area (TPSA) is 53.3 Å². The van der Waals surface area contributed by atoms with E-state index in [1.165, 1.54) is 0 Å². The lowest BCUT2D eigenvalue weighted by Gasteiger charge is -2.34. The van der Waals surface area contributed by atoms with E-state index >= 15 is 0 Å². The number of hydrogen-bond acceptors (Lipinski definition) is 3. The van der Waals surface area contributed by atoms with Crippen LogP contribution in [0, 0.1) is 17.2 Å². The van der Waals surface area contributed by atoms with Crippen LogP contribution in [0.3, 0.4) is 0 Å². The highest BCUT2D eigenvalue weighted by molar-refractivity contribution is 5.81. The van der Waals surface area contributed by atoms with Crippen LogP contribution in [0.1, 0.15) is 26.7 Å². The van der Waals surface area contributed by atoms with Gasteiger partial charge in [-0.3, -0.25) is 4.79 Å². The van der Waals surface area contributed by atoms with E-state index < -0.39 is 5.92 Å². The Morgan fingerprint density at radius 2 is 2.47 bits per heavy atom. The van der Waals surface area contributed by atoms with Gasteiger partial charge in [-0.2, -0.15) is 5.26 Å². The van der Waals surface area contributed by atoms with E-state index in [4.69, 9.17) is 10.00 Å². The second-order valence-corrected chi connectivity index (χ2v) is 3.93. The molecule has 0 bridgehead atoms. The van der Waals surface area contributed by atoms with Crippen molar-refractivity contribution in [2.45, 2.75) is 32.7 Å². The monoisotopic (exact) mass is 210 g/mol. The number of nitriles is 1. The van der Waals surface area contributed by atoms with Gasteiger partial charge in [0.2, 0.25) is 5.91 Å². The fourth-order valence-electron chi connectivity index (χ4n) is 1.79. The van der Waals surface area contributed by atoms with Gasteiger partial charge in [-0.05, 0) is 13.3 Å². The lowest BCUT2D eigenvalue weighted by Crippen LogP contribution is -2.49. The molecule has 0 aliphatic carbocycles. The second-order valence-electron chi connectivity index (χ2n) is 3.93. The molecule has 84 valence electrons. The first kappa shape index (κ1) is 12.0. The van der Waals surface area contributed by atoms with Gasteiger partial charge >= 0.3 is 0 Å². The van der Waals surface area contributed by atoms with Crippen LogP contribution in [-0.4, -0.2) is 36.6 Å². The smallest absolute Gasteiger partial charge is 0.240 e. The van der Waals surface area contributed by atoms with Crippen molar-refractivity contribution >= 4 is 5.91 Å². The van der Waals surface area contributed by atoms with Gasteiger partial charge < -0.3 is 9.64 Å². The van der Waals surface area contributed by atoms with Gasteiger partial charge in [-0.1, -0.05) is 13.3 Å². The van der Waals surface area contributed by atoms with Crippen molar-refractivity contribution in [2.24, 2.45) is 5.92 Å². The Labute approximate surface area is 90.8 Å². The van der Waals surface area contributed by atoms with E-state index in [2.05, 4.69) is 6.07 Å². The third kappa shape index (κ3) is 2.93. The standard InChI is InChI=1S/C11H18N2O2/c1-3-4-10(7-12)11(14)13-5-6-15-8-9(13)2/h9-10H,3-6,8H2,1-2H3. The summed E-state index contributed by atoms with van der Waals surface area (Å²) in [6.07, 6.45) is 1.52. The summed E-state index contributed by atoms with van der Waals surface area (Å²) in [5.41, 5.74) is 0. The van der Waals surface area contributed by atoms with Gasteiger partial charge in [-0.25, -0.2) is 0 Å². The Hall–Kier alpha value is -1.08. The summed E-state index contributed by atoms with van der Waals surface area (Å²) in [4.78, 5) is 13.7. The van der Waals surface area contributed by atoms with Crippen molar-refractivity contribution in [3.8, 4) is 6.07 Å². The molecule has 0 N–H and O–H groups in total. The van der Waals surface area contributed by atoms with Crippen molar-refractivity contribution in [1.82, 2.24) is 4.90 Å². The highest BCUT2D eigenvalue weighted by Gasteiger charge is 2.29. The van der Waals surface area contributed by atoms with Gasteiger partial charge in [0.25, 0.3) is 0 Å². The maximum atomic E-state index is 12.0. The Morgan fingerprint density at radius 1 is 1.73 bits per heavy atom. The molecule has 0 aromatic rings. The molecule has 1 saturated heterocycles. The number of rotatable bonds is 3. The van der Waals surface area contributed by atoms with Gasteiger partial charge in [-0.15, -0.1) is 0 Å². The summed E-state index contributed by atoms with van der Waals surface area (Å²) < 4.78 is 5.26. The number of carbonyl (C=O) groups excluding carboxylic acids is 1. The molecule has 4 nitrogen and oxygen atoms in total. The molecule has 1 aliphatic heterocycles. The first-order valence-electron chi connectivity index (χ1n) is 5.48. The van der Waals surface area contributed by atoms with Crippen LogP contribution in [0.2, 0.25) is 0 Å². The molecule has 1 rings (SSSR count). The summed E-state index contributed by atoms with van der Waals surface area (Å²) in [7, 11) is 0. The van der Waals surface area contributed by atoms with Crippen LogP contribution >= 0.6 is 0 Å². The zero-order valence-corrected chi connectivity index (χ0v) is 9.40. The molecular formula is C11H18N2O2. The molecule has 2 unspecified atom stereocenters. The maximum Gasteiger partial charge on any atom is 0.240 e. The first-order valence-corrected chi connectivity index (χ1v) is 5.48. The van der Waals surface area contributed by atoms with Crippen LogP contribution in [0.5, 0.6) is 0 Å². The number of hydrogen-bond donors (Lipinski definition) is 0. The summed E-state index contributed by atoms with van der Waals surface area (Å²) >= 11 is 0. The summed E-state index contributed by atoms with van der Waals surface area (Å²) in [6.45, 7) is 5.72. The molecular weight excluding hydrogens is 192 g/mol. The minimum Gasteiger partial charge on any atom is -0.377 e. The van der Waals surface area contributed by atoms with E-state index in [9.17, 15) is 4.79 Å². The zero-order valence-electron chi connectivity index (χ0n) is 9.40. The molecule has 15 heavy (non-hydrogen) atoms. The third-order valence-corrected chi connectivity index (χ3v) is 2.68. The van der Waals surface area contributed by atoms with Crippen molar-refractivity contribution in [3.63, 3.8) is 0 Å². The number of ether oxygens (including phenoxy) is 1. The van der Waals surface area contributed by atoms with Crippen LogP contribution in [0.4, 0.5) is 0 Å². The molecule has 4 heteroatoms. The van der Waals surface area contributed by atoms with Crippen LogP contribution in [0.15, 0.2) is 0 Å². The number of amides is 1. The Morgan fingerprint density at radius 3 is 3.00 bits per heavy atom. The minimum absolute atomic E-state index is 0.0323. The largest absolute Gasteiger partial charge is 0.377 e. The quantitative estimate of drug-likeness (QED) is 0.702. The summed E-state index contributed by atoms with van der Waals surface area (Å²) in [6, 6.07) is 2.18. The van der Waals surface area contributed by atoms with Crippen molar-refractivity contribution in [3.05, 3.63) is 0 Å². The lowest BCUT2D eigenvalue weighted by atomic mass is 10.0. The van der Waals surface area contributed by atoms with Gasteiger partial charge in [0.15, 0.2) is 0 Å². The lowest BCUT2D eigenvalue weighted by molar-refractivity contribution is -0.141. The molecule has 0 aromatic carbocycles. The highest BCUT2D eigenvalue weighted by Crippen LogP contribution is 2.14. The third-order valence-electron chi connectivity index (χ3n) is 2.68. The molecule has 1 heterocycles. The molecule has 1 aliphatic rings. The Balaban J connectivity index is 2.61. The predicted octanol–water partition coefficient (Wildman–Crippen LogP) is 1.17. The minimum atomic E-state index is -0.476. The predicted molar refractivity (Wildman–Crippen MR) is 56.0 cm³/mol. The summed E-state index contributed by atoms with van der Waals surface area (Å²) in [5.74, 6) is -0.509. The van der Waals surface area contributed by atoms with E-state index in [1.54, 1.807) is 4.90 Å². The zero-order chi connectivity index (χ0) is 11.3. The van der Waals surface area contributed by atoms with Gasteiger partial charge in [0.1, 0.15) is 5.92 Å². The van der Waals surface area contributed by atoms with E-state index in [0.29, 0.717) is 26.2 Å². The highest BCUT2D eigenvalue weighted by atomic mass is 16.5. The van der Waals surface area contributed by atoms with Crippen LogP contribution in [0.25, 0.3) is 0 Å². The maximum absolute atomic E-state index is 12.0. The van der Waals surface area contributed by atoms with Crippen molar-refractivity contribution in [1.29, 1.82) is 5.26 Å². The molecule has 0 spiro atoms. The molecule has 1 amide bonds. The Kier molecular flexibility index (Phi) is 4.57. The molecule has 1 fully saturated rings. The van der Waals surface area contributed by atoms with Crippen molar-refractivity contribution < 1.29 is 9.53 Å². The molecule has 0 saturated carbocycles.